The first-order valence-electron chi connectivity index (χ1n) is 7.92. The van der Waals surface area contributed by atoms with Crippen molar-refractivity contribution in [2.75, 3.05) is 13.1 Å². The molecule has 2 aromatic rings. The van der Waals surface area contributed by atoms with E-state index in [0.717, 1.165) is 37.4 Å². The Morgan fingerprint density at radius 3 is 2.68 bits per heavy atom. The van der Waals surface area contributed by atoms with Gasteiger partial charge in [-0.05, 0) is 31.7 Å². The van der Waals surface area contributed by atoms with E-state index in [-0.39, 0.29) is 5.91 Å². The third-order valence-electron chi connectivity index (χ3n) is 4.53. The molecule has 1 amide bonds. The number of aromatic nitrogens is 4. The zero-order valence-corrected chi connectivity index (χ0v) is 12.4. The number of aromatic amines is 1. The summed E-state index contributed by atoms with van der Waals surface area (Å²) >= 11 is 0. The van der Waals surface area contributed by atoms with E-state index in [1.165, 1.54) is 12.8 Å². The van der Waals surface area contributed by atoms with Gasteiger partial charge in [-0.15, -0.1) is 0 Å². The highest BCUT2D eigenvalue weighted by atomic mass is 16.2. The van der Waals surface area contributed by atoms with E-state index in [0.29, 0.717) is 17.4 Å². The molecule has 1 atom stereocenters. The largest absolute Gasteiger partial charge is 0.338 e. The molecule has 6 nitrogen and oxygen atoms in total. The highest BCUT2D eigenvalue weighted by Crippen LogP contribution is 2.37. The van der Waals surface area contributed by atoms with Gasteiger partial charge in [0.25, 0.3) is 5.91 Å². The van der Waals surface area contributed by atoms with E-state index in [1.54, 1.807) is 18.6 Å². The molecule has 2 aromatic heterocycles. The molecule has 1 N–H and O–H groups in total. The van der Waals surface area contributed by atoms with Gasteiger partial charge in [-0.25, -0.2) is 9.97 Å². The van der Waals surface area contributed by atoms with Crippen molar-refractivity contribution in [1.29, 1.82) is 0 Å². The Bertz CT molecular complexity index is 648. The van der Waals surface area contributed by atoms with Gasteiger partial charge in [0.2, 0.25) is 0 Å². The molecule has 22 heavy (non-hydrogen) atoms. The molecule has 6 heteroatoms. The summed E-state index contributed by atoms with van der Waals surface area (Å²) in [7, 11) is 0. The number of amides is 1. The van der Waals surface area contributed by atoms with Crippen LogP contribution in [-0.4, -0.2) is 44.1 Å². The Balaban J connectivity index is 1.47. The Morgan fingerprint density at radius 1 is 1.18 bits per heavy atom. The monoisotopic (exact) mass is 297 g/mol. The van der Waals surface area contributed by atoms with Crippen LogP contribution in [0.1, 0.15) is 59.4 Å². The van der Waals surface area contributed by atoms with Crippen molar-refractivity contribution < 1.29 is 4.79 Å². The van der Waals surface area contributed by atoms with Crippen molar-refractivity contribution in [2.45, 2.75) is 37.5 Å². The van der Waals surface area contributed by atoms with Crippen molar-refractivity contribution >= 4 is 5.91 Å². The standard InChI is InChI=1S/C16H19N5O/c22-16(13-8-17-15(18-9-13)11-3-4-11)21-7-1-2-12(10-21)14-5-6-19-20-14/h5-6,8-9,11-12H,1-4,7,10H2,(H,19,20). The van der Waals surface area contributed by atoms with Crippen molar-refractivity contribution in [3.8, 4) is 0 Å². The van der Waals surface area contributed by atoms with Crippen LogP contribution in [0.4, 0.5) is 0 Å². The lowest BCUT2D eigenvalue weighted by molar-refractivity contribution is 0.0705. The second kappa shape index (κ2) is 5.51. The van der Waals surface area contributed by atoms with Crippen molar-refractivity contribution in [3.63, 3.8) is 0 Å². The first-order valence-corrected chi connectivity index (χ1v) is 7.92. The SMILES string of the molecule is O=C(c1cnc(C2CC2)nc1)N1CCCC(c2ccn[nH]2)C1. The van der Waals surface area contributed by atoms with E-state index < -0.39 is 0 Å². The quantitative estimate of drug-likeness (QED) is 0.941. The van der Waals surface area contributed by atoms with Crippen LogP contribution >= 0.6 is 0 Å². The molecule has 1 aliphatic heterocycles. The van der Waals surface area contributed by atoms with E-state index in [2.05, 4.69) is 20.2 Å². The number of nitrogens with one attached hydrogen (secondary N) is 1. The fourth-order valence-electron chi connectivity index (χ4n) is 3.09. The zero-order valence-electron chi connectivity index (χ0n) is 12.4. The molecule has 0 bridgehead atoms. The lowest BCUT2D eigenvalue weighted by atomic mass is 9.94. The summed E-state index contributed by atoms with van der Waals surface area (Å²) in [6.45, 7) is 1.53. The summed E-state index contributed by atoms with van der Waals surface area (Å²) < 4.78 is 0. The van der Waals surface area contributed by atoms with Crippen molar-refractivity contribution in [2.24, 2.45) is 0 Å². The van der Waals surface area contributed by atoms with Crippen LogP contribution in [-0.2, 0) is 0 Å². The minimum atomic E-state index is 0.0339. The highest BCUT2D eigenvalue weighted by Gasteiger charge is 2.28. The Labute approximate surface area is 129 Å². The molecule has 1 aliphatic carbocycles. The molecule has 2 fully saturated rings. The minimum Gasteiger partial charge on any atom is -0.338 e. The molecule has 3 heterocycles. The van der Waals surface area contributed by atoms with Crippen LogP contribution in [0.15, 0.2) is 24.7 Å². The maximum Gasteiger partial charge on any atom is 0.257 e. The zero-order chi connectivity index (χ0) is 14.9. The van der Waals surface area contributed by atoms with Crippen LogP contribution in [0, 0.1) is 0 Å². The molecule has 1 saturated carbocycles. The van der Waals surface area contributed by atoms with Gasteiger partial charge in [0.05, 0.1) is 5.56 Å². The van der Waals surface area contributed by atoms with Crippen molar-refractivity contribution in [1.82, 2.24) is 25.1 Å². The molecule has 0 radical (unpaired) electrons. The van der Waals surface area contributed by atoms with Crippen LogP contribution in [0.5, 0.6) is 0 Å². The highest BCUT2D eigenvalue weighted by molar-refractivity contribution is 5.93. The maximum atomic E-state index is 12.6. The maximum absolute atomic E-state index is 12.6. The molecule has 4 rings (SSSR count). The fourth-order valence-corrected chi connectivity index (χ4v) is 3.09. The molecule has 0 spiro atoms. The molecule has 0 aromatic carbocycles. The van der Waals surface area contributed by atoms with E-state index in [4.69, 9.17) is 0 Å². The Kier molecular flexibility index (Phi) is 3.36. The molecular formula is C16H19N5O. The van der Waals surface area contributed by atoms with Gasteiger partial charge < -0.3 is 4.90 Å². The smallest absolute Gasteiger partial charge is 0.257 e. The number of likely N-dealkylation sites (tertiary alicyclic amines) is 1. The van der Waals surface area contributed by atoms with Crippen LogP contribution in [0.2, 0.25) is 0 Å². The minimum absolute atomic E-state index is 0.0339. The van der Waals surface area contributed by atoms with Crippen LogP contribution in [0.25, 0.3) is 0 Å². The Morgan fingerprint density at radius 2 is 2.00 bits per heavy atom. The predicted octanol–water partition coefficient (Wildman–Crippen LogP) is 2.10. The number of carbonyl (C=O) groups excluding carboxylic acids is 1. The summed E-state index contributed by atoms with van der Waals surface area (Å²) in [6.07, 6.45) is 9.57. The second-order valence-corrected chi connectivity index (χ2v) is 6.21. The van der Waals surface area contributed by atoms with Gasteiger partial charge in [-0.1, -0.05) is 0 Å². The first-order chi connectivity index (χ1) is 10.8. The number of nitrogens with zero attached hydrogens (tertiary/aromatic N) is 4. The van der Waals surface area contributed by atoms with E-state index in [1.807, 2.05) is 11.0 Å². The normalized spacial score (nSPS) is 21.8. The molecule has 114 valence electrons. The number of carbonyl (C=O) groups is 1. The Hall–Kier alpha value is -2.24. The van der Waals surface area contributed by atoms with Gasteiger partial charge in [-0.3, -0.25) is 9.89 Å². The number of H-pyrrole nitrogens is 1. The molecule has 2 aliphatic rings. The van der Waals surface area contributed by atoms with Gasteiger partial charge in [-0.2, -0.15) is 5.10 Å². The summed E-state index contributed by atoms with van der Waals surface area (Å²) in [4.78, 5) is 23.2. The van der Waals surface area contributed by atoms with E-state index in [9.17, 15) is 4.79 Å². The average Bonchev–Trinajstić information content (AvgIpc) is 3.28. The number of piperidine rings is 1. The van der Waals surface area contributed by atoms with Gasteiger partial charge in [0, 0.05) is 49.2 Å². The summed E-state index contributed by atoms with van der Waals surface area (Å²) in [5, 5.41) is 7.03. The predicted molar refractivity (Wildman–Crippen MR) is 80.5 cm³/mol. The average molecular weight is 297 g/mol. The number of hydrogen-bond donors (Lipinski definition) is 1. The van der Waals surface area contributed by atoms with Gasteiger partial charge in [0.15, 0.2) is 0 Å². The van der Waals surface area contributed by atoms with Crippen LogP contribution < -0.4 is 0 Å². The molecular weight excluding hydrogens is 278 g/mol. The lowest BCUT2D eigenvalue weighted by Gasteiger charge is -2.32. The second-order valence-electron chi connectivity index (χ2n) is 6.21. The number of rotatable bonds is 3. The van der Waals surface area contributed by atoms with Crippen LogP contribution in [0.3, 0.4) is 0 Å². The van der Waals surface area contributed by atoms with Crippen molar-refractivity contribution in [3.05, 3.63) is 41.7 Å². The third kappa shape index (κ3) is 2.61. The van der Waals surface area contributed by atoms with E-state index >= 15 is 0 Å². The summed E-state index contributed by atoms with van der Waals surface area (Å²) in [6, 6.07) is 1.99. The lowest BCUT2D eigenvalue weighted by Crippen LogP contribution is -2.39. The number of hydrogen-bond acceptors (Lipinski definition) is 4. The first kappa shape index (κ1) is 13.4. The fraction of sp³-hybridized carbons (Fsp3) is 0.500. The summed E-state index contributed by atoms with van der Waals surface area (Å²) in [5.74, 6) is 1.77. The molecule has 1 unspecified atom stereocenters. The summed E-state index contributed by atoms with van der Waals surface area (Å²) in [5.41, 5.74) is 1.70. The van der Waals surface area contributed by atoms with Gasteiger partial charge >= 0.3 is 0 Å². The molecule has 1 saturated heterocycles. The topological polar surface area (TPSA) is 74.8 Å². The van der Waals surface area contributed by atoms with Gasteiger partial charge in [0.1, 0.15) is 5.82 Å². The third-order valence-corrected chi connectivity index (χ3v) is 4.53.